The van der Waals surface area contributed by atoms with Crippen LogP contribution in [0.15, 0.2) is 115 Å². The topological polar surface area (TPSA) is 39.5 Å². The Labute approximate surface area is 243 Å². The van der Waals surface area contributed by atoms with Gasteiger partial charge in [-0.05, 0) is 35.2 Å². The van der Waals surface area contributed by atoms with Crippen molar-refractivity contribution < 1.29 is 9.47 Å². The van der Waals surface area contributed by atoms with Gasteiger partial charge in [-0.15, -0.1) is 0 Å². The monoisotopic (exact) mass is 543 g/mol. The van der Waals surface area contributed by atoms with Crippen LogP contribution < -0.4 is 9.47 Å². The summed E-state index contributed by atoms with van der Waals surface area (Å²) in [6.45, 7) is 5.91. The Hall–Kier alpha value is -4.35. The summed E-state index contributed by atoms with van der Waals surface area (Å²) < 4.78 is 13.7. The van der Waals surface area contributed by atoms with Crippen molar-refractivity contribution in [1.29, 1.82) is 0 Å². The predicted octanol–water partition coefficient (Wildman–Crippen LogP) is 7.91. The zero-order valence-corrected chi connectivity index (χ0v) is 23.7. The Morgan fingerprint density at radius 2 is 1.44 bits per heavy atom. The lowest BCUT2D eigenvalue weighted by molar-refractivity contribution is 0.174. The van der Waals surface area contributed by atoms with Gasteiger partial charge in [0.1, 0.15) is 5.82 Å². The second-order valence-electron chi connectivity index (χ2n) is 10.7. The summed E-state index contributed by atoms with van der Waals surface area (Å²) in [6, 6.07) is 38.6. The van der Waals surface area contributed by atoms with Crippen LogP contribution in [-0.4, -0.2) is 27.8 Å². The van der Waals surface area contributed by atoms with Crippen molar-refractivity contribution in [1.82, 2.24) is 14.5 Å². The maximum atomic E-state index is 5.72. The van der Waals surface area contributed by atoms with E-state index in [4.69, 9.17) is 14.5 Å². The van der Waals surface area contributed by atoms with Gasteiger partial charge in [0.15, 0.2) is 11.5 Å². The molecule has 5 nitrogen and oxygen atoms in total. The summed E-state index contributed by atoms with van der Waals surface area (Å²) in [7, 11) is 0. The van der Waals surface area contributed by atoms with Gasteiger partial charge in [0.2, 0.25) is 6.79 Å². The van der Waals surface area contributed by atoms with Crippen LogP contribution in [0.3, 0.4) is 0 Å². The fraction of sp³-hybridized carbons (Fsp3) is 0.250. The molecule has 0 bridgehead atoms. The molecule has 5 aromatic rings. The zero-order chi connectivity index (χ0) is 27.9. The van der Waals surface area contributed by atoms with Crippen molar-refractivity contribution in [3.63, 3.8) is 0 Å². The van der Waals surface area contributed by atoms with Crippen molar-refractivity contribution >= 4 is 0 Å². The van der Waals surface area contributed by atoms with Crippen LogP contribution in [0.1, 0.15) is 48.1 Å². The molecule has 0 radical (unpaired) electrons. The maximum absolute atomic E-state index is 5.72. The first kappa shape index (κ1) is 26.9. The number of hydrogen-bond donors (Lipinski definition) is 0. The first-order chi connectivity index (χ1) is 20.3. The summed E-state index contributed by atoms with van der Waals surface area (Å²) in [4.78, 5) is 7.49. The van der Waals surface area contributed by atoms with Crippen molar-refractivity contribution in [2.45, 2.75) is 45.3 Å². The minimum absolute atomic E-state index is 0.229. The molecule has 0 fully saturated rings. The predicted molar refractivity (Wildman–Crippen MR) is 164 cm³/mol. The molecule has 1 aliphatic heterocycles. The second-order valence-corrected chi connectivity index (χ2v) is 10.7. The molecule has 4 aromatic carbocycles. The first-order valence-corrected chi connectivity index (χ1v) is 14.6. The van der Waals surface area contributed by atoms with Gasteiger partial charge in [0.25, 0.3) is 0 Å². The molecule has 41 heavy (non-hydrogen) atoms. The highest BCUT2D eigenvalue weighted by molar-refractivity contribution is 5.56. The number of aromatic nitrogens is 2. The van der Waals surface area contributed by atoms with Crippen LogP contribution >= 0.6 is 0 Å². The number of imidazole rings is 1. The third-order valence-electron chi connectivity index (χ3n) is 7.78. The van der Waals surface area contributed by atoms with E-state index in [9.17, 15) is 0 Å². The zero-order valence-electron chi connectivity index (χ0n) is 23.7. The van der Waals surface area contributed by atoms with Crippen LogP contribution in [0.2, 0.25) is 0 Å². The minimum atomic E-state index is 0.229. The fourth-order valence-electron chi connectivity index (χ4n) is 5.66. The molecule has 0 amide bonds. The number of rotatable bonds is 12. The highest BCUT2D eigenvalue weighted by atomic mass is 16.7. The summed E-state index contributed by atoms with van der Waals surface area (Å²) >= 11 is 0. The highest BCUT2D eigenvalue weighted by Crippen LogP contribution is 2.34. The van der Waals surface area contributed by atoms with E-state index in [0.29, 0.717) is 0 Å². The van der Waals surface area contributed by atoms with Crippen molar-refractivity contribution in [3.05, 3.63) is 138 Å². The van der Waals surface area contributed by atoms with E-state index in [0.717, 1.165) is 61.9 Å². The lowest BCUT2D eigenvalue weighted by atomic mass is 9.90. The van der Waals surface area contributed by atoms with Crippen LogP contribution in [0.4, 0.5) is 0 Å². The molecule has 1 aromatic heterocycles. The Balaban J connectivity index is 1.36. The average Bonchev–Trinajstić information content (AvgIpc) is 3.66. The van der Waals surface area contributed by atoms with Crippen molar-refractivity contribution in [3.8, 4) is 22.9 Å². The minimum Gasteiger partial charge on any atom is -0.454 e. The average molecular weight is 544 g/mol. The van der Waals surface area contributed by atoms with Gasteiger partial charge in [-0.1, -0.05) is 110 Å². The van der Waals surface area contributed by atoms with E-state index >= 15 is 0 Å². The van der Waals surface area contributed by atoms with E-state index in [1.165, 1.54) is 22.4 Å². The SMILES string of the molecule is CCCCn1c(CN(Cc2ccc3c(c2)OCO3)CC(c2ccccc2)c2ccccc2)cnc1-c1ccccc1. The molecular weight excluding hydrogens is 506 g/mol. The van der Waals surface area contributed by atoms with Crippen molar-refractivity contribution in [2.75, 3.05) is 13.3 Å². The number of unbranched alkanes of at least 4 members (excludes halogenated alkanes) is 1. The van der Waals surface area contributed by atoms with E-state index in [2.05, 4.69) is 126 Å². The van der Waals surface area contributed by atoms with Gasteiger partial charge < -0.3 is 14.0 Å². The molecule has 1 aliphatic rings. The highest BCUT2D eigenvalue weighted by Gasteiger charge is 2.22. The van der Waals surface area contributed by atoms with Gasteiger partial charge in [-0.2, -0.15) is 0 Å². The smallest absolute Gasteiger partial charge is 0.231 e. The van der Waals surface area contributed by atoms with Gasteiger partial charge >= 0.3 is 0 Å². The molecule has 0 N–H and O–H groups in total. The lowest BCUT2D eigenvalue weighted by Gasteiger charge is -2.29. The summed E-state index contributed by atoms with van der Waals surface area (Å²) in [6.07, 6.45) is 4.32. The Bertz CT molecular complexity index is 1490. The van der Waals surface area contributed by atoms with Gasteiger partial charge in [0.05, 0.1) is 11.9 Å². The molecule has 208 valence electrons. The van der Waals surface area contributed by atoms with Crippen LogP contribution in [-0.2, 0) is 19.6 Å². The Kier molecular flexibility index (Phi) is 8.43. The quantitative estimate of drug-likeness (QED) is 0.160. The summed E-state index contributed by atoms with van der Waals surface area (Å²) in [5.41, 5.74) is 6.23. The molecule has 5 heteroatoms. The fourth-order valence-corrected chi connectivity index (χ4v) is 5.66. The summed E-state index contributed by atoms with van der Waals surface area (Å²) in [5.74, 6) is 2.91. The maximum Gasteiger partial charge on any atom is 0.231 e. The van der Waals surface area contributed by atoms with E-state index in [1.54, 1.807) is 0 Å². The van der Waals surface area contributed by atoms with Gasteiger partial charge in [-0.25, -0.2) is 4.98 Å². The molecule has 0 aliphatic carbocycles. The Morgan fingerprint density at radius 1 is 0.780 bits per heavy atom. The third kappa shape index (κ3) is 6.36. The Morgan fingerprint density at radius 3 is 2.12 bits per heavy atom. The molecule has 0 saturated carbocycles. The lowest BCUT2D eigenvalue weighted by Crippen LogP contribution is -2.29. The molecule has 2 heterocycles. The molecule has 0 spiro atoms. The van der Waals surface area contributed by atoms with Crippen LogP contribution in [0, 0.1) is 0 Å². The van der Waals surface area contributed by atoms with Crippen LogP contribution in [0.5, 0.6) is 11.5 Å². The standard InChI is InChI=1S/C36H37N3O2/c1-2-3-21-39-32(23-37-36(39)31-17-11-6-12-18-31)25-38(24-28-19-20-34-35(22-28)41-27-40-34)26-33(29-13-7-4-8-14-29)30-15-9-5-10-16-30/h4-20,22-23,33H,2-3,21,24-27H2,1H3. The first-order valence-electron chi connectivity index (χ1n) is 14.6. The van der Waals surface area contributed by atoms with Crippen LogP contribution in [0.25, 0.3) is 11.4 Å². The van der Waals surface area contributed by atoms with E-state index < -0.39 is 0 Å². The van der Waals surface area contributed by atoms with Gasteiger partial charge in [-0.3, -0.25) is 4.90 Å². The number of ether oxygens (including phenoxy) is 2. The molecule has 0 saturated heterocycles. The largest absolute Gasteiger partial charge is 0.454 e. The van der Waals surface area contributed by atoms with Gasteiger partial charge in [0, 0.05) is 37.7 Å². The van der Waals surface area contributed by atoms with Crippen molar-refractivity contribution in [2.24, 2.45) is 0 Å². The normalized spacial score (nSPS) is 12.4. The molecule has 6 rings (SSSR count). The molecular formula is C36H37N3O2. The number of nitrogens with zero attached hydrogens (tertiary/aromatic N) is 3. The van der Waals surface area contributed by atoms with E-state index in [-0.39, 0.29) is 12.7 Å². The summed E-state index contributed by atoms with van der Waals surface area (Å²) in [5, 5.41) is 0. The second kappa shape index (κ2) is 12.9. The van der Waals surface area contributed by atoms with E-state index in [1.807, 2.05) is 6.07 Å². The molecule has 0 unspecified atom stereocenters. The third-order valence-corrected chi connectivity index (χ3v) is 7.78. The number of hydrogen-bond acceptors (Lipinski definition) is 4. The molecule has 0 atom stereocenters. The number of benzene rings is 4. The number of fused-ring (bicyclic) bond motifs is 1.